The van der Waals surface area contributed by atoms with E-state index in [0.29, 0.717) is 5.56 Å². The van der Waals surface area contributed by atoms with Crippen LogP contribution in [0.25, 0.3) is 0 Å². The van der Waals surface area contributed by atoms with Gasteiger partial charge in [0.05, 0.1) is 12.3 Å². The lowest BCUT2D eigenvalue weighted by atomic mass is 9.91. The molecule has 7 heteroatoms. The molecule has 1 saturated carbocycles. The fraction of sp³-hybridized carbons (Fsp3) is 0.533. The SMILES string of the molecule is CS(=O)(=O)CCNC(=O)N(Cc1ccccc1F)C1CCC1. The molecule has 1 N–H and O–H groups in total. The predicted molar refractivity (Wildman–Crippen MR) is 82.7 cm³/mol. The number of benzene rings is 1. The van der Waals surface area contributed by atoms with Crippen LogP contribution >= 0.6 is 0 Å². The summed E-state index contributed by atoms with van der Waals surface area (Å²) in [6, 6.07) is 6.13. The second-order valence-electron chi connectivity index (χ2n) is 5.67. The second kappa shape index (κ2) is 7.09. The van der Waals surface area contributed by atoms with Crippen molar-refractivity contribution in [2.45, 2.75) is 31.8 Å². The van der Waals surface area contributed by atoms with Gasteiger partial charge in [-0.2, -0.15) is 0 Å². The summed E-state index contributed by atoms with van der Waals surface area (Å²) in [7, 11) is -3.12. The second-order valence-corrected chi connectivity index (χ2v) is 7.93. The molecule has 2 amide bonds. The van der Waals surface area contributed by atoms with Gasteiger partial charge in [0.2, 0.25) is 0 Å². The van der Waals surface area contributed by atoms with Crippen molar-refractivity contribution < 1.29 is 17.6 Å². The van der Waals surface area contributed by atoms with Crippen LogP contribution in [-0.4, -0.2) is 43.9 Å². The molecule has 122 valence electrons. The maximum Gasteiger partial charge on any atom is 0.317 e. The highest BCUT2D eigenvalue weighted by Gasteiger charge is 2.29. The van der Waals surface area contributed by atoms with Gasteiger partial charge in [0.1, 0.15) is 15.7 Å². The Hall–Kier alpha value is -1.63. The van der Waals surface area contributed by atoms with Crippen molar-refractivity contribution in [2.75, 3.05) is 18.6 Å². The van der Waals surface area contributed by atoms with Crippen LogP contribution < -0.4 is 5.32 Å². The molecule has 0 saturated heterocycles. The summed E-state index contributed by atoms with van der Waals surface area (Å²) in [5.41, 5.74) is 0.465. The first kappa shape index (κ1) is 16.7. The topological polar surface area (TPSA) is 66.5 Å². The van der Waals surface area contributed by atoms with Crippen LogP contribution in [-0.2, 0) is 16.4 Å². The zero-order chi connectivity index (χ0) is 16.2. The molecule has 5 nitrogen and oxygen atoms in total. The van der Waals surface area contributed by atoms with Gasteiger partial charge in [-0.25, -0.2) is 17.6 Å². The number of hydrogen-bond acceptors (Lipinski definition) is 3. The van der Waals surface area contributed by atoms with Crippen molar-refractivity contribution in [1.82, 2.24) is 10.2 Å². The summed E-state index contributed by atoms with van der Waals surface area (Å²) < 4.78 is 36.0. The molecule has 0 aromatic heterocycles. The molecule has 0 heterocycles. The minimum Gasteiger partial charge on any atom is -0.337 e. The fourth-order valence-corrected chi connectivity index (χ4v) is 2.79. The van der Waals surface area contributed by atoms with Gasteiger partial charge in [0.15, 0.2) is 0 Å². The zero-order valence-corrected chi connectivity index (χ0v) is 13.4. The molecule has 0 radical (unpaired) electrons. The van der Waals surface area contributed by atoms with Crippen LogP contribution in [0.3, 0.4) is 0 Å². The molecule has 0 aliphatic heterocycles. The van der Waals surface area contributed by atoms with E-state index in [1.807, 2.05) is 0 Å². The number of hydrogen-bond donors (Lipinski definition) is 1. The lowest BCUT2D eigenvalue weighted by molar-refractivity contribution is 0.132. The van der Waals surface area contributed by atoms with E-state index in [1.54, 1.807) is 23.1 Å². The summed E-state index contributed by atoms with van der Waals surface area (Å²) in [6.45, 7) is 0.264. The quantitative estimate of drug-likeness (QED) is 0.868. The summed E-state index contributed by atoms with van der Waals surface area (Å²) in [5.74, 6) is -0.438. The van der Waals surface area contributed by atoms with Crippen molar-refractivity contribution in [1.29, 1.82) is 0 Å². The van der Waals surface area contributed by atoms with E-state index in [9.17, 15) is 17.6 Å². The number of urea groups is 1. The smallest absolute Gasteiger partial charge is 0.317 e. The van der Waals surface area contributed by atoms with Crippen LogP contribution in [0.15, 0.2) is 24.3 Å². The minimum absolute atomic E-state index is 0.0676. The highest BCUT2D eigenvalue weighted by Crippen LogP contribution is 2.26. The number of sulfone groups is 1. The van der Waals surface area contributed by atoms with Crippen molar-refractivity contribution in [2.24, 2.45) is 0 Å². The number of nitrogens with zero attached hydrogens (tertiary/aromatic N) is 1. The Balaban J connectivity index is 2.00. The molecule has 1 aromatic rings. The third-order valence-electron chi connectivity index (χ3n) is 3.82. The van der Waals surface area contributed by atoms with E-state index in [0.717, 1.165) is 25.5 Å². The number of carbonyl (C=O) groups excluding carboxylic acids is 1. The predicted octanol–water partition coefficient (Wildman–Crippen LogP) is 1.93. The lowest BCUT2D eigenvalue weighted by Crippen LogP contribution is -2.49. The Kier molecular flexibility index (Phi) is 5.39. The first-order chi connectivity index (χ1) is 10.4. The normalized spacial score (nSPS) is 15.2. The molecule has 0 unspecified atom stereocenters. The van der Waals surface area contributed by atoms with E-state index in [2.05, 4.69) is 5.32 Å². The Bertz CT molecular complexity index is 629. The van der Waals surface area contributed by atoms with Gasteiger partial charge in [-0.15, -0.1) is 0 Å². The molecular weight excluding hydrogens is 307 g/mol. The van der Waals surface area contributed by atoms with E-state index >= 15 is 0 Å². The average molecular weight is 328 g/mol. The van der Waals surface area contributed by atoms with Crippen LogP contribution in [0.5, 0.6) is 0 Å². The fourth-order valence-electron chi connectivity index (χ4n) is 2.32. The van der Waals surface area contributed by atoms with Gasteiger partial charge >= 0.3 is 6.03 Å². The molecule has 0 atom stereocenters. The van der Waals surface area contributed by atoms with E-state index < -0.39 is 9.84 Å². The summed E-state index contributed by atoms with van der Waals surface area (Å²) >= 11 is 0. The highest BCUT2D eigenvalue weighted by molar-refractivity contribution is 7.90. The van der Waals surface area contributed by atoms with Gasteiger partial charge in [-0.05, 0) is 25.3 Å². The molecule has 22 heavy (non-hydrogen) atoms. The Morgan fingerprint density at radius 3 is 2.59 bits per heavy atom. The van der Waals surface area contributed by atoms with Crippen molar-refractivity contribution in [3.8, 4) is 0 Å². The van der Waals surface area contributed by atoms with Crippen molar-refractivity contribution in [3.05, 3.63) is 35.6 Å². The lowest BCUT2D eigenvalue weighted by Gasteiger charge is -2.37. The van der Waals surface area contributed by atoms with Crippen LogP contribution in [0.2, 0.25) is 0 Å². The molecule has 2 rings (SSSR count). The maximum absolute atomic E-state index is 13.8. The van der Waals surface area contributed by atoms with Gasteiger partial charge in [-0.1, -0.05) is 18.2 Å². The number of halogens is 1. The maximum atomic E-state index is 13.8. The molecule has 0 spiro atoms. The third kappa shape index (κ3) is 4.69. The molecular formula is C15H21FN2O3S. The third-order valence-corrected chi connectivity index (χ3v) is 4.77. The molecule has 1 aromatic carbocycles. The van der Waals surface area contributed by atoms with Gasteiger partial charge in [0, 0.05) is 24.4 Å². The molecule has 0 bridgehead atoms. The number of rotatable bonds is 6. The van der Waals surface area contributed by atoms with E-state index in [1.165, 1.54) is 6.07 Å². The van der Waals surface area contributed by atoms with Crippen molar-refractivity contribution >= 4 is 15.9 Å². The van der Waals surface area contributed by atoms with Gasteiger partial charge < -0.3 is 10.2 Å². The van der Waals surface area contributed by atoms with Crippen LogP contribution in [0, 0.1) is 5.82 Å². The zero-order valence-electron chi connectivity index (χ0n) is 12.6. The Morgan fingerprint density at radius 2 is 2.05 bits per heavy atom. The van der Waals surface area contributed by atoms with Gasteiger partial charge in [0.25, 0.3) is 0 Å². The largest absolute Gasteiger partial charge is 0.337 e. The molecule has 1 aliphatic carbocycles. The van der Waals surface area contributed by atoms with Gasteiger partial charge in [-0.3, -0.25) is 0 Å². The van der Waals surface area contributed by atoms with Crippen LogP contribution in [0.4, 0.5) is 9.18 Å². The first-order valence-electron chi connectivity index (χ1n) is 7.32. The number of amides is 2. The molecule has 1 fully saturated rings. The van der Waals surface area contributed by atoms with Crippen molar-refractivity contribution in [3.63, 3.8) is 0 Å². The monoisotopic (exact) mass is 328 g/mol. The van der Waals surface area contributed by atoms with E-state index in [4.69, 9.17) is 0 Å². The minimum atomic E-state index is -3.12. The summed E-state index contributed by atoms with van der Waals surface area (Å²) in [5, 5.41) is 2.61. The number of nitrogens with one attached hydrogen (secondary N) is 1. The summed E-state index contributed by atoms with van der Waals surface area (Å²) in [4.78, 5) is 13.9. The summed E-state index contributed by atoms with van der Waals surface area (Å²) in [6.07, 6.45) is 3.97. The average Bonchev–Trinajstić information content (AvgIpc) is 2.36. The Labute approximate surface area is 130 Å². The first-order valence-corrected chi connectivity index (χ1v) is 9.38. The molecule has 1 aliphatic rings. The standard InChI is InChI=1S/C15H21FN2O3S/c1-22(20,21)10-9-17-15(19)18(13-6-4-7-13)11-12-5-2-3-8-14(12)16/h2-3,5,8,13H,4,6-7,9-11H2,1H3,(H,17,19). The Morgan fingerprint density at radius 1 is 1.36 bits per heavy atom. The van der Waals surface area contributed by atoms with Crippen LogP contribution in [0.1, 0.15) is 24.8 Å². The number of carbonyl (C=O) groups is 1. The highest BCUT2D eigenvalue weighted by atomic mass is 32.2. The van der Waals surface area contributed by atoms with E-state index in [-0.39, 0.29) is 36.7 Å².